The van der Waals surface area contributed by atoms with Gasteiger partial charge in [0.05, 0.1) is 13.2 Å². The Morgan fingerprint density at radius 3 is 1.44 bits per heavy atom. The number of piperazine rings is 1. The number of nitrogens with zero attached hydrogens (tertiary/aromatic N) is 2. The molecule has 0 radical (unpaired) electrons. The monoisotopic (exact) mass is 486 g/mol. The molecule has 0 amide bonds. The first-order valence-electron chi connectivity index (χ1n) is 11.6. The smallest absolute Gasteiger partial charge is 0.122 e. The van der Waals surface area contributed by atoms with Gasteiger partial charge in [-0.1, -0.05) is 0 Å². The number of ether oxygens (including phenoxy) is 2. The Balaban J connectivity index is 0.00000324. The lowest BCUT2D eigenvalue weighted by atomic mass is 10.2. The summed E-state index contributed by atoms with van der Waals surface area (Å²) in [5.74, 6) is 1.80. The van der Waals surface area contributed by atoms with Gasteiger partial charge in [-0.2, -0.15) is 0 Å². The molecule has 9 heteroatoms. The lowest BCUT2D eigenvalue weighted by molar-refractivity contribution is 0.117. The first kappa shape index (κ1) is 25.8. The Morgan fingerprint density at radius 2 is 1.12 bits per heavy atom. The molecule has 2 bridgehead atoms. The van der Waals surface area contributed by atoms with Crippen LogP contribution in [0.2, 0.25) is 0 Å². The SMILES string of the molecule is Cl.N=C(N)c1ccc(OCCCN2C[C@@H]3C[C@H]2CN3CCCOc2ccc(C(=N)N)cc2)cc1. The van der Waals surface area contributed by atoms with E-state index >= 15 is 0 Å². The summed E-state index contributed by atoms with van der Waals surface area (Å²) in [5, 5.41) is 14.9. The first-order valence-corrected chi connectivity index (χ1v) is 11.6. The molecule has 0 spiro atoms. The molecule has 2 fully saturated rings. The normalized spacial score (nSPS) is 19.5. The van der Waals surface area contributed by atoms with Crippen LogP contribution in [0.3, 0.4) is 0 Å². The zero-order valence-corrected chi connectivity index (χ0v) is 20.2. The van der Waals surface area contributed by atoms with Gasteiger partial charge in [0.1, 0.15) is 23.2 Å². The van der Waals surface area contributed by atoms with Crippen molar-refractivity contribution >= 4 is 24.1 Å². The highest BCUT2D eigenvalue weighted by Gasteiger charge is 2.42. The molecule has 2 aliphatic heterocycles. The molecule has 2 aromatic carbocycles. The summed E-state index contributed by atoms with van der Waals surface area (Å²) in [6.45, 7) is 5.82. The van der Waals surface area contributed by atoms with Gasteiger partial charge in [0, 0.05) is 49.4 Å². The summed E-state index contributed by atoms with van der Waals surface area (Å²) in [6, 6.07) is 16.1. The topological polar surface area (TPSA) is 125 Å². The molecule has 0 unspecified atom stereocenters. The lowest BCUT2D eigenvalue weighted by Gasteiger charge is -2.34. The van der Waals surface area contributed by atoms with E-state index in [2.05, 4.69) is 9.80 Å². The van der Waals surface area contributed by atoms with Crippen molar-refractivity contribution in [3.8, 4) is 11.5 Å². The van der Waals surface area contributed by atoms with Gasteiger partial charge in [-0.3, -0.25) is 20.6 Å². The average molecular weight is 487 g/mol. The highest BCUT2D eigenvalue weighted by atomic mass is 35.5. The van der Waals surface area contributed by atoms with E-state index in [0.29, 0.717) is 25.3 Å². The largest absolute Gasteiger partial charge is 0.494 e. The third-order valence-corrected chi connectivity index (χ3v) is 6.51. The number of nitrogens with one attached hydrogen (secondary N) is 2. The van der Waals surface area contributed by atoms with Crippen molar-refractivity contribution in [1.29, 1.82) is 10.8 Å². The summed E-state index contributed by atoms with van der Waals surface area (Å²) in [7, 11) is 0. The van der Waals surface area contributed by atoms with Crippen molar-refractivity contribution in [3.05, 3.63) is 59.7 Å². The van der Waals surface area contributed by atoms with E-state index in [0.717, 1.165) is 61.6 Å². The second-order valence-electron chi connectivity index (χ2n) is 8.81. The number of rotatable bonds is 12. The van der Waals surface area contributed by atoms with Crippen molar-refractivity contribution in [2.24, 2.45) is 11.5 Å². The first-order chi connectivity index (χ1) is 16.0. The number of likely N-dealkylation sites (tertiary alicyclic amines) is 2. The predicted molar refractivity (Wildman–Crippen MR) is 138 cm³/mol. The van der Waals surface area contributed by atoms with Crippen molar-refractivity contribution in [2.75, 3.05) is 39.4 Å². The molecular weight excluding hydrogens is 452 g/mol. The average Bonchev–Trinajstić information content (AvgIpc) is 3.40. The number of halogens is 1. The van der Waals surface area contributed by atoms with Gasteiger partial charge in [-0.05, 0) is 67.8 Å². The van der Waals surface area contributed by atoms with Crippen molar-refractivity contribution in [1.82, 2.24) is 9.80 Å². The molecule has 6 N–H and O–H groups in total. The van der Waals surface area contributed by atoms with Gasteiger partial charge >= 0.3 is 0 Å². The minimum atomic E-state index is 0. The summed E-state index contributed by atoms with van der Waals surface area (Å²) in [5.41, 5.74) is 12.4. The highest BCUT2D eigenvalue weighted by molar-refractivity contribution is 5.95. The van der Waals surface area contributed by atoms with Crippen LogP contribution in [-0.2, 0) is 0 Å². The molecule has 4 rings (SSSR count). The molecule has 2 saturated heterocycles. The van der Waals surface area contributed by atoms with E-state index < -0.39 is 0 Å². The van der Waals surface area contributed by atoms with Crippen LogP contribution in [0.25, 0.3) is 0 Å². The predicted octanol–water partition coefficient (Wildman–Crippen LogP) is 2.67. The van der Waals surface area contributed by atoms with Crippen molar-refractivity contribution in [3.63, 3.8) is 0 Å². The minimum Gasteiger partial charge on any atom is -0.494 e. The molecule has 2 heterocycles. The Bertz CT molecular complexity index is 875. The number of fused-ring (bicyclic) bond motifs is 2. The van der Waals surface area contributed by atoms with E-state index in [4.69, 9.17) is 31.8 Å². The fraction of sp³-hybridized carbons (Fsp3) is 0.440. The maximum absolute atomic E-state index is 7.44. The molecule has 0 saturated carbocycles. The molecule has 0 aliphatic carbocycles. The summed E-state index contributed by atoms with van der Waals surface area (Å²) in [4.78, 5) is 5.22. The quantitative estimate of drug-likeness (QED) is 0.208. The van der Waals surface area contributed by atoms with Gasteiger partial charge in [0.2, 0.25) is 0 Å². The molecule has 2 atom stereocenters. The van der Waals surface area contributed by atoms with Gasteiger partial charge in [0.25, 0.3) is 0 Å². The molecule has 8 nitrogen and oxygen atoms in total. The second kappa shape index (κ2) is 12.1. The van der Waals surface area contributed by atoms with Crippen LogP contribution in [0.15, 0.2) is 48.5 Å². The van der Waals surface area contributed by atoms with E-state index in [-0.39, 0.29) is 24.1 Å². The Kier molecular flexibility index (Phi) is 9.15. The zero-order valence-electron chi connectivity index (χ0n) is 19.4. The number of nitrogens with two attached hydrogens (primary N) is 2. The number of hydrogen-bond donors (Lipinski definition) is 4. The molecule has 2 aromatic rings. The zero-order chi connectivity index (χ0) is 23.2. The summed E-state index contributed by atoms with van der Waals surface area (Å²) >= 11 is 0. The van der Waals surface area contributed by atoms with Crippen LogP contribution in [0.4, 0.5) is 0 Å². The molecule has 2 aliphatic rings. The third-order valence-electron chi connectivity index (χ3n) is 6.51. The Morgan fingerprint density at radius 1 is 0.735 bits per heavy atom. The molecular formula is C25H35ClN6O2. The van der Waals surface area contributed by atoms with E-state index in [1.54, 1.807) is 0 Å². The number of amidine groups is 2. The number of nitrogen functional groups attached to an aromatic ring is 2. The van der Waals surface area contributed by atoms with Crippen LogP contribution in [0.5, 0.6) is 11.5 Å². The van der Waals surface area contributed by atoms with Gasteiger partial charge in [-0.15, -0.1) is 12.4 Å². The van der Waals surface area contributed by atoms with Gasteiger partial charge in [0.15, 0.2) is 0 Å². The highest BCUT2D eigenvalue weighted by Crippen LogP contribution is 2.30. The van der Waals surface area contributed by atoms with Crippen molar-refractivity contribution in [2.45, 2.75) is 31.3 Å². The van der Waals surface area contributed by atoms with Crippen LogP contribution in [-0.4, -0.2) is 72.9 Å². The number of hydrogen-bond acceptors (Lipinski definition) is 6. The van der Waals surface area contributed by atoms with Crippen LogP contribution >= 0.6 is 12.4 Å². The van der Waals surface area contributed by atoms with Crippen LogP contribution < -0.4 is 20.9 Å². The lowest BCUT2D eigenvalue weighted by Crippen LogP contribution is -2.47. The Hall–Kier alpha value is -2.81. The van der Waals surface area contributed by atoms with Gasteiger partial charge < -0.3 is 20.9 Å². The van der Waals surface area contributed by atoms with E-state index in [1.165, 1.54) is 6.42 Å². The van der Waals surface area contributed by atoms with Crippen LogP contribution in [0.1, 0.15) is 30.4 Å². The van der Waals surface area contributed by atoms with E-state index in [9.17, 15) is 0 Å². The fourth-order valence-corrected chi connectivity index (χ4v) is 4.76. The fourth-order valence-electron chi connectivity index (χ4n) is 4.76. The standard InChI is InChI=1S/C25H34N6O2.ClH/c26-24(27)18-3-7-22(8-4-18)32-13-1-11-30-16-21-15-20(30)17-31(21)12-2-14-33-23-9-5-19(6-10-23)25(28)29;/h3-10,20-21H,1-2,11-17H2,(H3,26,27)(H3,28,29);1H/t20-,21-;/m0./s1. The molecule has 184 valence electrons. The van der Waals surface area contributed by atoms with E-state index in [1.807, 2.05) is 48.5 Å². The second-order valence-corrected chi connectivity index (χ2v) is 8.81. The van der Waals surface area contributed by atoms with Crippen molar-refractivity contribution < 1.29 is 9.47 Å². The summed E-state index contributed by atoms with van der Waals surface area (Å²) in [6.07, 6.45) is 3.28. The van der Waals surface area contributed by atoms with Gasteiger partial charge in [-0.25, -0.2) is 0 Å². The molecule has 0 aromatic heterocycles. The Labute approximate surface area is 207 Å². The maximum Gasteiger partial charge on any atom is 0.122 e. The summed E-state index contributed by atoms with van der Waals surface area (Å²) < 4.78 is 11.7. The third kappa shape index (κ3) is 6.62. The number of benzene rings is 2. The van der Waals surface area contributed by atoms with Crippen LogP contribution in [0, 0.1) is 10.8 Å². The maximum atomic E-state index is 7.44. The molecule has 34 heavy (non-hydrogen) atoms. The minimum absolute atomic E-state index is 0.